The molecule has 0 saturated heterocycles. The van der Waals surface area contributed by atoms with Gasteiger partial charge in [-0.1, -0.05) is 18.2 Å². The SMILES string of the molecule is CN(C)CC(NN)c1cccc2ncccc12. The number of nitrogens with two attached hydrogens (primary N) is 1. The molecule has 0 radical (unpaired) electrons. The Bertz CT molecular complexity index is 490. The van der Waals surface area contributed by atoms with Crippen molar-refractivity contribution < 1.29 is 0 Å². The van der Waals surface area contributed by atoms with Crippen molar-refractivity contribution in [3.63, 3.8) is 0 Å². The maximum Gasteiger partial charge on any atom is 0.0705 e. The fraction of sp³-hybridized carbons (Fsp3) is 0.308. The van der Waals surface area contributed by atoms with Gasteiger partial charge in [0.15, 0.2) is 0 Å². The molecule has 3 N–H and O–H groups in total. The molecule has 1 unspecified atom stereocenters. The van der Waals surface area contributed by atoms with Crippen molar-refractivity contribution in [2.24, 2.45) is 5.84 Å². The summed E-state index contributed by atoms with van der Waals surface area (Å²) in [6.07, 6.45) is 1.81. The summed E-state index contributed by atoms with van der Waals surface area (Å²) in [6.45, 7) is 0.852. The number of hydrogen-bond acceptors (Lipinski definition) is 4. The van der Waals surface area contributed by atoms with E-state index in [0.717, 1.165) is 17.4 Å². The molecule has 0 aliphatic heterocycles. The number of nitrogens with zero attached hydrogens (tertiary/aromatic N) is 2. The predicted molar refractivity (Wildman–Crippen MR) is 70.4 cm³/mol. The number of hydrogen-bond donors (Lipinski definition) is 2. The predicted octanol–water partition coefficient (Wildman–Crippen LogP) is 1.30. The van der Waals surface area contributed by atoms with Crippen LogP contribution in [0.4, 0.5) is 0 Å². The fourth-order valence-electron chi connectivity index (χ4n) is 2.04. The second kappa shape index (κ2) is 5.23. The molecule has 1 aromatic carbocycles. The maximum atomic E-state index is 5.65. The quantitative estimate of drug-likeness (QED) is 0.614. The van der Waals surface area contributed by atoms with Crippen LogP contribution in [0.2, 0.25) is 0 Å². The molecular weight excluding hydrogens is 212 g/mol. The van der Waals surface area contributed by atoms with Gasteiger partial charge in [-0.3, -0.25) is 16.3 Å². The Morgan fingerprint density at radius 1 is 1.29 bits per heavy atom. The van der Waals surface area contributed by atoms with Gasteiger partial charge in [-0.2, -0.15) is 0 Å². The molecule has 2 rings (SSSR count). The van der Waals surface area contributed by atoms with Crippen molar-refractivity contribution >= 4 is 10.9 Å². The van der Waals surface area contributed by atoms with E-state index in [-0.39, 0.29) is 6.04 Å². The Morgan fingerprint density at radius 2 is 2.12 bits per heavy atom. The van der Waals surface area contributed by atoms with Crippen LogP contribution in [0, 0.1) is 0 Å². The van der Waals surface area contributed by atoms with E-state index in [1.165, 1.54) is 5.56 Å². The van der Waals surface area contributed by atoms with Crippen molar-refractivity contribution in [3.8, 4) is 0 Å². The molecule has 1 aromatic heterocycles. The molecule has 0 amide bonds. The van der Waals surface area contributed by atoms with Crippen LogP contribution in [-0.4, -0.2) is 30.5 Å². The number of benzene rings is 1. The van der Waals surface area contributed by atoms with Crippen LogP contribution in [0.5, 0.6) is 0 Å². The zero-order chi connectivity index (χ0) is 12.3. The molecule has 0 aliphatic carbocycles. The number of hydrazine groups is 1. The van der Waals surface area contributed by atoms with Crippen LogP contribution < -0.4 is 11.3 Å². The molecule has 0 saturated carbocycles. The summed E-state index contributed by atoms with van der Waals surface area (Å²) in [6, 6.07) is 10.3. The van der Waals surface area contributed by atoms with Crippen LogP contribution in [0.15, 0.2) is 36.5 Å². The second-order valence-electron chi connectivity index (χ2n) is 4.40. The van der Waals surface area contributed by atoms with Gasteiger partial charge in [0.2, 0.25) is 0 Å². The minimum Gasteiger partial charge on any atom is -0.307 e. The zero-order valence-electron chi connectivity index (χ0n) is 10.2. The third-order valence-electron chi connectivity index (χ3n) is 2.80. The first-order valence-electron chi connectivity index (χ1n) is 5.67. The molecule has 90 valence electrons. The van der Waals surface area contributed by atoms with Crippen molar-refractivity contribution in [1.29, 1.82) is 0 Å². The molecule has 0 aliphatic rings. The van der Waals surface area contributed by atoms with Gasteiger partial charge in [-0.15, -0.1) is 0 Å². The van der Waals surface area contributed by atoms with Crippen molar-refractivity contribution in [2.45, 2.75) is 6.04 Å². The van der Waals surface area contributed by atoms with E-state index < -0.39 is 0 Å². The molecule has 0 fully saturated rings. The normalized spacial score (nSPS) is 13.2. The van der Waals surface area contributed by atoms with Gasteiger partial charge in [-0.05, 0) is 31.8 Å². The summed E-state index contributed by atoms with van der Waals surface area (Å²) in [4.78, 5) is 6.47. The third-order valence-corrected chi connectivity index (χ3v) is 2.80. The topological polar surface area (TPSA) is 54.2 Å². The largest absolute Gasteiger partial charge is 0.307 e. The van der Waals surface area contributed by atoms with E-state index in [9.17, 15) is 0 Å². The average Bonchev–Trinajstić information content (AvgIpc) is 2.35. The molecule has 17 heavy (non-hydrogen) atoms. The van der Waals surface area contributed by atoms with Crippen molar-refractivity contribution in [2.75, 3.05) is 20.6 Å². The molecule has 0 spiro atoms. The average molecular weight is 230 g/mol. The first-order chi connectivity index (χ1) is 8.22. The van der Waals surface area contributed by atoms with Crippen LogP contribution in [0.3, 0.4) is 0 Å². The van der Waals surface area contributed by atoms with Gasteiger partial charge in [0.25, 0.3) is 0 Å². The second-order valence-corrected chi connectivity index (χ2v) is 4.40. The molecule has 1 atom stereocenters. The summed E-state index contributed by atoms with van der Waals surface area (Å²) < 4.78 is 0. The molecular formula is C13H18N4. The lowest BCUT2D eigenvalue weighted by atomic mass is 10.0. The van der Waals surface area contributed by atoms with Crippen LogP contribution in [0.25, 0.3) is 10.9 Å². The summed E-state index contributed by atoms with van der Waals surface area (Å²) >= 11 is 0. The maximum absolute atomic E-state index is 5.65. The van der Waals surface area contributed by atoms with Gasteiger partial charge in [0.05, 0.1) is 11.6 Å². The Morgan fingerprint density at radius 3 is 2.82 bits per heavy atom. The van der Waals surface area contributed by atoms with Gasteiger partial charge in [0, 0.05) is 18.1 Å². The first kappa shape index (κ1) is 12.0. The number of aromatic nitrogens is 1. The van der Waals surface area contributed by atoms with Crippen LogP contribution in [0.1, 0.15) is 11.6 Å². The molecule has 4 heteroatoms. The summed E-state index contributed by atoms with van der Waals surface area (Å²) in [5.41, 5.74) is 5.06. The van der Waals surface area contributed by atoms with Crippen molar-refractivity contribution in [3.05, 3.63) is 42.1 Å². The van der Waals surface area contributed by atoms with Gasteiger partial charge >= 0.3 is 0 Å². The minimum atomic E-state index is 0.109. The van der Waals surface area contributed by atoms with Gasteiger partial charge < -0.3 is 4.90 Å². The van der Waals surface area contributed by atoms with E-state index in [2.05, 4.69) is 27.4 Å². The van der Waals surface area contributed by atoms with E-state index >= 15 is 0 Å². The highest BCUT2D eigenvalue weighted by atomic mass is 15.3. The van der Waals surface area contributed by atoms with E-state index in [1.54, 1.807) is 0 Å². The van der Waals surface area contributed by atoms with Crippen LogP contribution >= 0.6 is 0 Å². The fourth-order valence-corrected chi connectivity index (χ4v) is 2.04. The number of nitrogens with one attached hydrogen (secondary N) is 1. The molecule has 0 bridgehead atoms. The Hall–Kier alpha value is -1.49. The molecule has 4 nitrogen and oxygen atoms in total. The van der Waals surface area contributed by atoms with E-state index in [0.29, 0.717) is 0 Å². The third kappa shape index (κ3) is 2.61. The smallest absolute Gasteiger partial charge is 0.0705 e. The standard InChI is InChI=1S/C13H18N4/c1-17(2)9-13(16-14)11-5-3-7-12-10(11)6-4-8-15-12/h3-8,13,16H,9,14H2,1-2H3. The molecule has 1 heterocycles. The first-order valence-corrected chi connectivity index (χ1v) is 5.67. The lowest BCUT2D eigenvalue weighted by Gasteiger charge is -2.21. The molecule has 2 aromatic rings. The highest BCUT2D eigenvalue weighted by Crippen LogP contribution is 2.22. The Labute approximate surface area is 101 Å². The van der Waals surface area contributed by atoms with E-state index in [1.807, 2.05) is 38.5 Å². The summed E-state index contributed by atoms with van der Waals surface area (Å²) in [7, 11) is 4.07. The Balaban J connectivity index is 2.46. The number of likely N-dealkylation sites (N-methyl/N-ethyl adjacent to an activating group) is 1. The highest BCUT2D eigenvalue weighted by molar-refractivity contribution is 5.82. The lowest BCUT2D eigenvalue weighted by molar-refractivity contribution is 0.345. The highest BCUT2D eigenvalue weighted by Gasteiger charge is 2.13. The monoisotopic (exact) mass is 230 g/mol. The minimum absolute atomic E-state index is 0.109. The number of fused-ring (bicyclic) bond motifs is 1. The number of pyridine rings is 1. The lowest BCUT2D eigenvalue weighted by Crippen LogP contribution is -2.35. The number of rotatable bonds is 4. The summed E-state index contributed by atoms with van der Waals surface area (Å²) in [5, 5.41) is 1.15. The van der Waals surface area contributed by atoms with E-state index in [4.69, 9.17) is 5.84 Å². The van der Waals surface area contributed by atoms with Crippen molar-refractivity contribution in [1.82, 2.24) is 15.3 Å². The van der Waals surface area contributed by atoms with Gasteiger partial charge in [0.1, 0.15) is 0 Å². The van der Waals surface area contributed by atoms with Gasteiger partial charge in [-0.25, -0.2) is 0 Å². The Kier molecular flexibility index (Phi) is 3.68. The summed E-state index contributed by atoms with van der Waals surface area (Å²) in [5.74, 6) is 5.65. The van der Waals surface area contributed by atoms with Crippen LogP contribution in [-0.2, 0) is 0 Å². The zero-order valence-corrected chi connectivity index (χ0v) is 10.2.